The fraction of sp³-hybridized carbons (Fsp3) is 0.0857. The maximum atomic E-state index is 11.3. The lowest BCUT2D eigenvalue weighted by atomic mass is 10.2. The molecule has 0 aliphatic carbocycles. The molecule has 7 heteroatoms. The predicted molar refractivity (Wildman–Crippen MR) is 165 cm³/mol. The quantitative estimate of drug-likeness (QED) is 0.104. The zero-order valence-corrected chi connectivity index (χ0v) is 23.6. The van der Waals surface area contributed by atoms with Crippen molar-refractivity contribution in [3.8, 4) is 23.0 Å². The summed E-state index contributed by atoms with van der Waals surface area (Å²) in [5.74, 6) is 1.02. The van der Waals surface area contributed by atoms with E-state index < -0.39 is 0 Å². The molecule has 0 bridgehead atoms. The van der Waals surface area contributed by atoms with Gasteiger partial charge in [-0.25, -0.2) is 0 Å². The average Bonchev–Trinajstić information content (AvgIpc) is 3.06. The smallest absolute Gasteiger partial charge is 0.172 e. The molecule has 0 heterocycles. The van der Waals surface area contributed by atoms with Gasteiger partial charge in [-0.15, -0.1) is 11.6 Å². The summed E-state index contributed by atoms with van der Waals surface area (Å²) in [6.45, 7) is 0.804. The van der Waals surface area contributed by atoms with E-state index in [1.807, 2.05) is 97.1 Å². The van der Waals surface area contributed by atoms with Gasteiger partial charge in [0, 0.05) is 5.88 Å². The minimum Gasteiger partial charge on any atom is -0.504 e. The fourth-order valence-electron chi connectivity index (χ4n) is 3.57. The summed E-state index contributed by atoms with van der Waals surface area (Å²) in [6, 6.07) is 39.2. The number of hydrogen-bond acceptors (Lipinski definition) is 6. The van der Waals surface area contributed by atoms with Gasteiger partial charge < -0.3 is 19.7 Å². The molecule has 5 aromatic rings. The lowest BCUT2D eigenvalue weighted by molar-refractivity contribution is 0.111. The Bertz CT molecular complexity index is 1510. The van der Waals surface area contributed by atoms with E-state index in [-0.39, 0.29) is 17.1 Å². The lowest BCUT2D eigenvalue weighted by Crippen LogP contribution is -2.03. The molecule has 0 radical (unpaired) electrons. The van der Waals surface area contributed by atoms with Crippen molar-refractivity contribution in [3.05, 3.63) is 155 Å². The van der Waals surface area contributed by atoms with E-state index in [0.717, 1.165) is 17.4 Å². The third kappa shape index (κ3) is 10.2. The van der Waals surface area contributed by atoms with E-state index in [4.69, 9.17) is 31.3 Å². The Balaban J connectivity index is 0.000000219. The Morgan fingerprint density at radius 3 is 1.50 bits per heavy atom. The van der Waals surface area contributed by atoms with Gasteiger partial charge in [0.1, 0.15) is 13.2 Å². The molecule has 2 N–H and O–H groups in total. The van der Waals surface area contributed by atoms with Crippen LogP contribution in [-0.4, -0.2) is 22.8 Å². The number of hydrogen-bond donors (Lipinski definition) is 2. The number of aromatic hydroxyl groups is 2. The first kappa shape index (κ1) is 31.5. The average molecular weight is 583 g/mol. The van der Waals surface area contributed by atoms with Crippen LogP contribution in [0.2, 0.25) is 0 Å². The summed E-state index contributed by atoms with van der Waals surface area (Å²) in [5, 5.41) is 17.7. The molecule has 0 atom stereocenters. The highest BCUT2D eigenvalue weighted by molar-refractivity contribution is 6.17. The SMILES string of the molecule is ClCc1ccccc1.O=Cc1cccc(O)c1O.O=Cc1cccc(OCc2ccccc2)c1OCc1ccccc1. The zero-order chi connectivity index (χ0) is 30.0. The van der Waals surface area contributed by atoms with Crippen molar-refractivity contribution in [1.29, 1.82) is 0 Å². The van der Waals surface area contributed by atoms with Crippen molar-refractivity contribution in [1.82, 2.24) is 0 Å². The highest BCUT2D eigenvalue weighted by Crippen LogP contribution is 2.32. The van der Waals surface area contributed by atoms with Gasteiger partial charge in [0.05, 0.1) is 11.1 Å². The topological polar surface area (TPSA) is 93.1 Å². The molecule has 0 saturated carbocycles. The second-order valence-corrected chi connectivity index (χ2v) is 9.06. The number of alkyl halides is 1. The Hall–Kier alpha value is -5.07. The van der Waals surface area contributed by atoms with E-state index in [9.17, 15) is 9.59 Å². The van der Waals surface area contributed by atoms with Crippen LogP contribution in [0.15, 0.2) is 127 Å². The highest BCUT2D eigenvalue weighted by Gasteiger charge is 2.11. The Kier molecular flexibility index (Phi) is 13.2. The van der Waals surface area contributed by atoms with Crippen LogP contribution in [0.3, 0.4) is 0 Å². The van der Waals surface area contributed by atoms with Crippen LogP contribution in [-0.2, 0) is 19.1 Å². The Morgan fingerprint density at radius 1 is 0.548 bits per heavy atom. The van der Waals surface area contributed by atoms with E-state index in [2.05, 4.69) is 0 Å². The number of phenols is 2. The van der Waals surface area contributed by atoms with E-state index in [1.54, 1.807) is 12.1 Å². The van der Waals surface area contributed by atoms with Crippen LogP contribution < -0.4 is 9.47 Å². The number of benzene rings is 5. The van der Waals surface area contributed by atoms with Crippen molar-refractivity contribution in [2.24, 2.45) is 0 Å². The largest absolute Gasteiger partial charge is 0.504 e. The van der Waals surface area contributed by atoms with Crippen molar-refractivity contribution in [2.75, 3.05) is 0 Å². The van der Waals surface area contributed by atoms with Crippen molar-refractivity contribution in [2.45, 2.75) is 19.1 Å². The molecule has 0 aliphatic heterocycles. The minimum absolute atomic E-state index is 0.0972. The third-order valence-electron chi connectivity index (χ3n) is 5.77. The molecular weight excluding hydrogens is 552 g/mol. The summed E-state index contributed by atoms with van der Waals surface area (Å²) in [6.07, 6.45) is 1.27. The highest BCUT2D eigenvalue weighted by atomic mass is 35.5. The van der Waals surface area contributed by atoms with Gasteiger partial charge in [0.15, 0.2) is 35.6 Å². The monoisotopic (exact) mass is 582 g/mol. The minimum atomic E-state index is -0.363. The number of aldehydes is 2. The normalized spacial score (nSPS) is 9.74. The molecule has 214 valence electrons. The molecule has 5 rings (SSSR count). The van der Waals surface area contributed by atoms with Gasteiger partial charge in [0.25, 0.3) is 0 Å². The molecule has 0 amide bonds. The van der Waals surface area contributed by atoms with Gasteiger partial charge in [0.2, 0.25) is 0 Å². The van der Waals surface area contributed by atoms with Gasteiger partial charge >= 0.3 is 0 Å². The number of ether oxygens (including phenoxy) is 2. The van der Waals surface area contributed by atoms with E-state index >= 15 is 0 Å². The summed E-state index contributed by atoms with van der Waals surface area (Å²) >= 11 is 5.53. The second-order valence-electron chi connectivity index (χ2n) is 8.79. The van der Waals surface area contributed by atoms with Crippen LogP contribution in [0.4, 0.5) is 0 Å². The summed E-state index contributed by atoms with van der Waals surface area (Å²) < 4.78 is 11.7. The van der Waals surface area contributed by atoms with Crippen molar-refractivity contribution >= 4 is 24.2 Å². The maximum Gasteiger partial charge on any atom is 0.172 e. The maximum absolute atomic E-state index is 11.3. The molecule has 0 saturated heterocycles. The van der Waals surface area contributed by atoms with Crippen LogP contribution in [0.1, 0.15) is 37.4 Å². The molecule has 0 unspecified atom stereocenters. The second kappa shape index (κ2) is 17.6. The number of phenolic OH excluding ortho intramolecular Hbond substituents is 2. The molecule has 0 aromatic heterocycles. The Morgan fingerprint density at radius 2 is 1.02 bits per heavy atom. The molecular formula is C35H31ClO6. The van der Waals surface area contributed by atoms with E-state index in [1.165, 1.54) is 23.8 Å². The molecule has 0 fully saturated rings. The number of rotatable bonds is 9. The Labute approximate surface area is 250 Å². The summed E-state index contributed by atoms with van der Waals surface area (Å²) in [4.78, 5) is 21.4. The first-order chi connectivity index (χ1) is 20.5. The molecule has 0 spiro atoms. The zero-order valence-electron chi connectivity index (χ0n) is 22.8. The van der Waals surface area contributed by atoms with Crippen LogP contribution in [0.25, 0.3) is 0 Å². The molecule has 6 nitrogen and oxygen atoms in total. The fourth-order valence-corrected chi connectivity index (χ4v) is 3.75. The van der Waals surface area contributed by atoms with Gasteiger partial charge in [-0.3, -0.25) is 9.59 Å². The third-order valence-corrected chi connectivity index (χ3v) is 6.08. The predicted octanol–water partition coefficient (Wildman–Crippen LogP) is 7.99. The van der Waals surface area contributed by atoms with Crippen molar-refractivity contribution < 1.29 is 29.3 Å². The van der Waals surface area contributed by atoms with Crippen LogP contribution >= 0.6 is 11.6 Å². The van der Waals surface area contributed by atoms with Gasteiger partial charge in [-0.2, -0.15) is 0 Å². The summed E-state index contributed by atoms with van der Waals surface area (Å²) in [7, 11) is 0. The first-order valence-corrected chi connectivity index (χ1v) is 13.6. The lowest BCUT2D eigenvalue weighted by Gasteiger charge is -2.14. The van der Waals surface area contributed by atoms with Crippen LogP contribution in [0.5, 0.6) is 23.0 Å². The first-order valence-electron chi connectivity index (χ1n) is 13.0. The molecule has 42 heavy (non-hydrogen) atoms. The van der Waals surface area contributed by atoms with Gasteiger partial charge in [-0.05, 0) is 41.0 Å². The van der Waals surface area contributed by atoms with Gasteiger partial charge in [-0.1, -0.05) is 103 Å². The van der Waals surface area contributed by atoms with Crippen LogP contribution in [0, 0.1) is 0 Å². The summed E-state index contributed by atoms with van der Waals surface area (Å²) in [5.41, 5.74) is 3.85. The molecule has 0 aliphatic rings. The van der Waals surface area contributed by atoms with E-state index in [0.29, 0.717) is 42.4 Å². The number of carbonyl (C=O) groups is 2. The standard InChI is InChI=1S/C21H18O3.C7H7Cl.C7H6O3/c22-14-19-12-7-13-20(23-15-17-8-3-1-4-9-17)21(19)24-16-18-10-5-2-6-11-18;8-6-7-4-2-1-3-5-7;8-4-5-2-1-3-6(9)7(5)10/h1-14H,15-16H2;1-5H,6H2;1-4,9-10H. The number of carbonyl (C=O) groups excluding carboxylic acids is 2. The van der Waals surface area contributed by atoms with Crippen molar-refractivity contribution in [3.63, 3.8) is 0 Å². The number of halogens is 1. The number of para-hydroxylation sites is 2. The molecule has 5 aromatic carbocycles.